The Balaban J connectivity index is 1.43. The summed E-state index contributed by atoms with van der Waals surface area (Å²) in [6.45, 7) is 0. The molecule has 0 spiro atoms. The van der Waals surface area contributed by atoms with Gasteiger partial charge in [0.15, 0.2) is 0 Å². The number of ether oxygens (including phenoxy) is 1. The molecule has 4 rings (SSSR count). The van der Waals surface area contributed by atoms with Gasteiger partial charge < -0.3 is 10.1 Å². The predicted molar refractivity (Wildman–Crippen MR) is 145 cm³/mol. The molecule has 4 aromatic rings. The predicted octanol–water partition coefficient (Wildman–Crippen LogP) is 5.48. The van der Waals surface area contributed by atoms with Crippen molar-refractivity contribution in [3.8, 4) is 5.75 Å². The Labute approximate surface area is 227 Å². The van der Waals surface area contributed by atoms with E-state index in [0.29, 0.717) is 16.3 Å². The molecule has 11 heteroatoms. The van der Waals surface area contributed by atoms with Crippen LogP contribution in [0.15, 0.2) is 102 Å². The first kappa shape index (κ1) is 26.7. The van der Waals surface area contributed by atoms with Gasteiger partial charge in [0.1, 0.15) is 0 Å². The standard InChI is InChI=1S/C28H19ClN4O6/c29-22-13-9-18(10-14-22)26(34)31-23-15-11-19(12-16-23)27(35)32-30-17-21-7-4-8-24(33(37)38)25(21)39-28(36)20-5-2-1-3-6-20/h1-17H,(H,31,34)(H,32,35)/b30-17+. The van der Waals surface area contributed by atoms with Crippen LogP contribution in [0, 0.1) is 10.1 Å². The van der Waals surface area contributed by atoms with Gasteiger partial charge in [-0.3, -0.25) is 19.7 Å². The number of hydrogen-bond acceptors (Lipinski definition) is 7. The molecule has 0 saturated heterocycles. The molecule has 10 nitrogen and oxygen atoms in total. The van der Waals surface area contributed by atoms with Crippen LogP contribution in [-0.2, 0) is 0 Å². The maximum absolute atomic E-state index is 12.5. The van der Waals surface area contributed by atoms with Gasteiger partial charge in [0, 0.05) is 33.5 Å². The number of amides is 2. The van der Waals surface area contributed by atoms with Crippen molar-refractivity contribution < 1.29 is 24.0 Å². The smallest absolute Gasteiger partial charge is 0.343 e. The molecule has 4 aromatic carbocycles. The molecule has 0 aliphatic heterocycles. The molecule has 0 atom stereocenters. The average molecular weight is 543 g/mol. The lowest BCUT2D eigenvalue weighted by atomic mass is 10.1. The third-order valence-electron chi connectivity index (χ3n) is 5.31. The van der Waals surface area contributed by atoms with Crippen LogP contribution in [0.3, 0.4) is 0 Å². The molecular formula is C28H19ClN4O6. The highest BCUT2D eigenvalue weighted by Crippen LogP contribution is 2.30. The molecule has 0 aliphatic carbocycles. The fourth-order valence-electron chi connectivity index (χ4n) is 3.36. The van der Waals surface area contributed by atoms with Gasteiger partial charge in [-0.2, -0.15) is 5.10 Å². The number of hydrogen-bond donors (Lipinski definition) is 2. The summed E-state index contributed by atoms with van der Waals surface area (Å²) in [6, 6.07) is 24.5. The number of halogens is 1. The van der Waals surface area contributed by atoms with Crippen molar-refractivity contribution in [1.29, 1.82) is 0 Å². The average Bonchev–Trinajstić information content (AvgIpc) is 2.94. The Hall–Kier alpha value is -5.35. The maximum Gasteiger partial charge on any atom is 0.343 e. The number of esters is 1. The second-order valence-corrected chi connectivity index (χ2v) is 8.38. The molecule has 0 fully saturated rings. The SMILES string of the molecule is O=C(N/N=C/c1cccc([N+](=O)[O-])c1OC(=O)c1ccccc1)c1ccc(NC(=O)c2ccc(Cl)cc2)cc1. The van der Waals surface area contributed by atoms with Crippen LogP contribution in [0.5, 0.6) is 5.75 Å². The minimum atomic E-state index is -0.785. The number of rotatable bonds is 8. The summed E-state index contributed by atoms with van der Waals surface area (Å²) in [5.41, 5.74) is 3.33. The molecule has 0 radical (unpaired) electrons. The zero-order valence-corrected chi connectivity index (χ0v) is 20.8. The molecule has 39 heavy (non-hydrogen) atoms. The van der Waals surface area contributed by atoms with Gasteiger partial charge in [-0.15, -0.1) is 0 Å². The highest BCUT2D eigenvalue weighted by molar-refractivity contribution is 6.30. The zero-order valence-electron chi connectivity index (χ0n) is 20.0. The molecular weight excluding hydrogens is 524 g/mol. The fourth-order valence-corrected chi connectivity index (χ4v) is 3.49. The number of nitrogens with one attached hydrogen (secondary N) is 2. The number of para-hydroxylation sites is 1. The normalized spacial score (nSPS) is 10.6. The number of benzene rings is 4. The van der Waals surface area contributed by atoms with Gasteiger partial charge in [0.05, 0.1) is 16.7 Å². The van der Waals surface area contributed by atoms with Crippen molar-refractivity contribution in [2.24, 2.45) is 5.10 Å². The molecule has 0 aliphatic rings. The van der Waals surface area contributed by atoms with Gasteiger partial charge in [-0.25, -0.2) is 10.2 Å². The molecule has 0 bridgehead atoms. The van der Waals surface area contributed by atoms with Crippen LogP contribution in [0.4, 0.5) is 11.4 Å². The minimum absolute atomic E-state index is 0.106. The number of nitrogens with zero attached hydrogens (tertiary/aromatic N) is 2. The lowest BCUT2D eigenvalue weighted by Crippen LogP contribution is -2.18. The van der Waals surface area contributed by atoms with E-state index in [1.54, 1.807) is 54.6 Å². The quantitative estimate of drug-likeness (QED) is 0.0992. The molecule has 0 saturated carbocycles. The Morgan fingerprint density at radius 3 is 2.10 bits per heavy atom. The summed E-state index contributed by atoms with van der Waals surface area (Å²) in [5.74, 6) is -2.01. The topological polar surface area (TPSA) is 140 Å². The molecule has 194 valence electrons. The van der Waals surface area contributed by atoms with Crippen LogP contribution >= 0.6 is 11.6 Å². The first-order valence-electron chi connectivity index (χ1n) is 11.4. The van der Waals surface area contributed by atoms with Crippen molar-refractivity contribution >= 4 is 47.0 Å². The van der Waals surface area contributed by atoms with Crippen LogP contribution in [0.2, 0.25) is 5.02 Å². The van der Waals surface area contributed by atoms with E-state index in [0.717, 1.165) is 6.21 Å². The third kappa shape index (κ3) is 6.90. The summed E-state index contributed by atoms with van der Waals surface area (Å²) in [7, 11) is 0. The molecule has 2 N–H and O–H groups in total. The van der Waals surface area contributed by atoms with E-state index in [1.165, 1.54) is 42.5 Å². The summed E-state index contributed by atoms with van der Waals surface area (Å²) < 4.78 is 5.32. The van der Waals surface area contributed by atoms with Gasteiger partial charge in [-0.1, -0.05) is 35.9 Å². The fraction of sp³-hybridized carbons (Fsp3) is 0. The Kier molecular flexibility index (Phi) is 8.40. The zero-order chi connectivity index (χ0) is 27.8. The second kappa shape index (κ2) is 12.3. The first-order valence-corrected chi connectivity index (χ1v) is 11.7. The number of nitro groups is 1. The van der Waals surface area contributed by atoms with Crippen molar-refractivity contribution in [3.63, 3.8) is 0 Å². The van der Waals surface area contributed by atoms with Crippen molar-refractivity contribution in [2.75, 3.05) is 5.32 Å². The van der Waals surface area contributed by atoms with Gasteiger partial charge >= 0.3 is 11.7 Å². The number of carbonyl (C=O) groups excluding carboxylic acids is 3. The van der Waals surface area contributed by atoms with Crippen molar-refractivity contribution in [2.45, 2.75) is 0 Å². The van der Waals surface area contributed by atoms with Crippen LogP contribution in [0.1, 0.15) is 36.6 Å². The molecule has 0 unspecified atom stereocenters. The van der Waals surface area contributed by atoms with Gasteiger partial charge in [0.2, 0.25) is 5.75 Å². The van der Waals surface area contributed by atoms with E-state index < -0.39 is 22.5 Å². The summed E-state index contributed by atoms with van der Waals surface area (Å²) in [6.07, 6.45) is 1.14. The maximum atomic E-state index is 12.5. The molecule has 2 amide bonds. The van der Waals surface area contributed by atoms with E-state index in [9.17, 15) is 24.5 Å². The van der Waals surface area contributed by atoms with Crippen LogP contribution < -0.4 is 15.5 Å². The van der Waals surface area contributed by atoms with Crippen molar-refractivity contribution in [3.05, 3.63) is 134 Å². The first-order chi connectivity index (χ1) is 18.8. The van der Waals surface area contributed by atoms with Crippen molar-refractivity contribution in [1.82, 2.24) is 5.43 Å². The second-order valence-electron chi connectivity index (χ2n) is 7.95. The van der Waals surface area contributed by atoms with E-state index in [-0.39, 0.29) is 28.3 Å². The van der Waals surface area contributed by atoms with E-state index in [4.69, 9.17) is 16.3 Å². The highest BCUT2D eigenvalue weighted by Gasteiger charge is 2.22. The lowest BCUT2D eigenvalue weighted by Gasteiger charge is -2.08. The van der Waals surface area contributed by atoms with E-state index in [2.05, 4.69) is 15.8 Å². The molecule has 0 aromatic heterocycles. The highest BCUT2D eigenvalue weighted by atomic mass is 35.5. The van der Waals surface area contributed by atoms with E-state index >= 15 is 0 Å². The number of hydrazone groups is 1. The number of anilines is 1. The Morgan fingerprint density at radius 2 is 1.44 bits per heavy atom. The number of carbonyl (C=O) groups is 3. The monoisotopic (exact) mass is 542 g/mol. The summed E-state index contributed by atoms with van der Waals surface area (Å²) >= 11 is 5.84. The largest absolute Gasteiger partial charge is 0.415 e. The van der Waals surface area contributed by atoms with Gasteiger partial charge in [-0.05, 0) is 66.7 Å². The van der Waals surface area contributed by atoms with Crippen LogP contribution in [0.25, 0.3) is 0 Å². The lowest BCUT2D eigenvalue weighted by molar-refractivity contribution is -0.385. The van der Waals surface area contributed by atoms with Crippen LogP contribution in [-0.4, -0.2) is 28.9 Å². The molecule has 0 heterocycles. The minimum Gasteiger partial charge on any atom is -0.415 e. The third-order valence-corrected chi connectivity index (χ3v) is 5.56. The van der Waals surface area contributed by atoms with E-state index in [1.807, 2.05) is 0 Å². The Bertz CT molecular complexity index is 1560. The Morgan fingerprint density at radius 1 is 0.795 bits per heavy atom. The number of nitro benzene ring substituents is 1. The summed E-state index contributed by atoms with van der Waals surface area (Å²) in [4.78, 5) is 48.2. The van der Waals surface area contributed by atoms with Gasteiger partial charge in [0.25, 0.3) is 11.8 Å². The summed E-state index contributed by atoms with van der Waals surface area (Å²) in [5, 5.41) is 18.6.